The number of nitrogens with one attached hydrogen (secondary N) is 1. The van der Waals surface area contributed by atoms with Gasteiger partial charge in [0.25, 0.3) is 10.0 Å². The quantitative estimate of drug-likeness (QED) is 0.803. The Hall–Kier alpha value is -0.950. The van der Waals surface area contributed by atoms with Crippen LogP contribution in [-0.4, -0.2) is 15.5 Å². The summed E-state index contributed by atoms with van der Waals surface area (Å²) in [7, 11) is -2.37. The van der Waals surface area contributed by atoms with Crippen molar-refractivity contribution in [2.24, 2.45) is 0 Å². The second-order valence-corrected chi connectivity index (χ2v) is 7.41. The molecule has 0 radical (unpaired) electrons. The number of hydrogen-bond acceptors (Lipinski definition) is 3. The van der Waals surface area contributed by atoms with Crippen LogP contribution in [0.15, 0.2) is 45.8 Å². The molecule has 0 fully saturated rings. The summed E-state index contributed by atoms with van der Waals surface area (Å²) in [5.41, 5.74) is 0.218. The van der Waals surface area contributed by atoms with Gasteiger partial charge in [0.05, 0.1) is 22.8 Å². The zero-order valence-electron chi connectivity index (χ0n) is 10.7. The minimum Gasteiger partial charge on any atom is -0.497 e. The lowest BCUT2D eigenvalue weighted by Gasteiger charge is -2.12. The molecule has 4 nitrogen and oxygen atoms in total. The van der Waals surface area contributed by atoms with Crippen LogP contribution < -0.4 is 9.46 Å². The minimum atomic E-state index is -3.85. The molecule has 0 atom stereocenters. The Labute approximate surface area is 141 Å². The lowest BCUT2D eigenvalue weighted by Crippen LogP contribution is -2.13. The maximum Gasteiger partial charge on any atom is 0.263 e. The van der Waals surface area contributed by atoms with Crippen LogP contribution in [0.25, 0.3) is 0 Å². The molecule has 112 valence electrons. The third-order valence-electron chi connectivity index (χ3n) is 2.60. The summed E-state index contributed by atoms with van der Waals surface area (Å²) in [4.78, 5) is -0.0359. The smallest absolute Gasteiger partial charge is 0.263 e. The zero-order valence-corrected chi connectivity index (χ0v) is 14.6. The van der Waals surface area contributed by atoms with Gasteiger partial charge in [-0.2, -0.15) is 0 Å². The van der Waals surface area contributed by atoms with Gasteiger partial charge in [0.1, 0.15) is 10.6 Å². The highest BCUT2D eigenvalue weighted by Crippen LogP contribution is 2.31. The second kappa shape index (κ2) is 6.44. The first-order valence-corrected chi connectivity index (χ1v) is 8.68. The molecule has 0 spiro atoms. The minimum absolute atomic E-state index is 0.0359. The fraction of sp³-hybridized carbons (Fsp3) is 0.0769. The van der Waals surface area contributed by atoms with Crippen molar-refractivity contribution in [3.8, 4) is 5.75 Å². The summed E-state index contributed by atoms with van der Waals surface area (Å²) in [5, 5.41) is 0.364. The molecule has 0 unspecified atom stereocenters. The normalized spacial score (nSPS) is 11.2. The lowest BCUT2D eigenvalue weighted by molar-refractivity contribution is 0.415. The van der Waals surface area contributed by atoms with Crippen molar-refractivity contribution >= 4 is 54.8 Å². The highest BCUT2D eigenvalue weighted by Gasteiger charge is 2.19. The maximum absolute atomic E-state index is 12.4. The average Bonchev–Trinajstić information content (AvgIpc) is 2.40. The molecule has 0 heterocycles. The van der Waals surface area contributed by atoms with E-state index < -0.39 is 10.0 Å². The second-order valence-electron chi connectivity index (χ2n) is 4.03. The van der Waals surface area contributed by atoms with Crippen molar-refractivity contribution in [1.29, 1.82) is 0 Å². The van der Waals surface area contributed by atoms with Crippen LogP contribution in [0.3, 0.4) is 0 Å². The van der Waals surface area contributed by atoms with Gasteiger partial charge in [-0.25, -0.2) is 8.42 Å². The first kappa shape index (κ1) is 16.4. The molecule has 0 aromatic heterocycles. The summed E-state index contributed by atoms with van der Waals surface area (Å²) in [6, 6.07) is 9.17. The Balaban J connectivity index is 2.42. The van der Waals surface area contributed by atoms with Crippen molar-refractivity contribution in [2.45, 2.75) is 4.90 Å². The highest BCUT2D eigenvalue weighted by molar-refractivity contribution is 9.10. The third-order valence-corrected chi connectivity index (χ3v) is 5.27. The van der Waals surface area contributed by atoms with Crippen molar-refractivity contribution in [1.82, 2.24) is 0 Å². The topological polar surface area (TPSA) is 55.4 Å². The fourth-order valence-corrected chi connectivity index (χ4v) is 3.93. The molecule has 1 N–H and O–H groups in total. The van der Waals surface area contributed by atoms with Crippen LogP contribution in [0, 0.1) is 0 Å². The number of methoxy groups -OCH3 is 1. The van der Waals surface area contributed by atoms with E-state index in [1.165, 1.54) is 25.3 Å². The summed E-state index contributed by atoms with van der Waals surface area (Å²) in [5.74, 6) is 0.485. The molecule has 2 aromatic rings. The fourth-order valence-electron chi connectivity index (χ4n) is 1.60. The molecule has 0 aliphatic rings. The summed E-state index contributed by atoms with van der Waals surface area (Å²) < 4.78 is 32.9. The molecule has 2 aromatic carbocycles. The summed E-state index contributed by atoms with van der Waals surface area (Å²) >= 11 is 15.2. The number of ether oxygens (including phenoxy) is 1. The van der Waals surface area contributed by atoms with Crippen LogP contribution in [0.4, 0.5) is 5.69 Å². The molecule has 21 heavy (non-hydrogen) atoms. The highest BCUT2D eigenvalue weighted by atomic mass is 79.9. The van der Waals surface area contributed by atoms with E-state index in [9.17, 15) is 8.42 Å². The first-order valence-electron chi connectivity index (χ1n) is 5.65. The molecule has 0 bridgehead atoms. The molecule has 0 saturated heterocycles. The van der Waals surface area contributed by atoms with E-state index in [1.807, 2.05) is 0 Å². The number of rotatable bonds is 4. The number of hydrogen-bond donors (Lipinski definition) is 1. The maximum atomic E-state index is 12.4. The summed E-state index contributed by atoms with van der Waals surface area (Å²) in [6.45, 7) is 0. The third kappa shape index (κ3) is 3.83. The Morgan fingerprint density at radius 2 is 1.81 bits per heavy atom. The molecular weight excluding hydrogens is 401 g/mol. The number of sulfonamides is 1. The van der Waals surface area contributed by atoms with E-state index in [4.69, 9.17) is 27.9 Å². The van der Waals surface area contributed by atoms with Crippen molar-refractivity contribution < 1.29 is 13.2 Å². The van der Waals surface area contributed by atoms with Crippen LogP contribution in [-0.2, 0) is 10.0 Å². The van der Waals surface area contributed by atoms with E-state index >= 15 is 0 Å². The van der Waals surface area contributed by atoms with Gasteiger partial charge >= 0.3 is 0 Å². The van der Waals surface area contributed by atoms with E-state index in [2.05, 4.69) is 20.7 Å². The molecule has 0 aliphatic carbocycles. The molecule has 2 rings (SSSR count). The van der Waals surface area contributed by atoms with Gasteiger partial charge < -0.3 is 4.74 Å². The van der Waals surface area contributed by atoms with Crippen LogP contribution in [0.2, 0.25) is 10.0 Å². The molecule has 8 heteroatoms. The zero-order chi connectivity index (χ0) is 15.6. The van der Waals surface area contributed by atoms with Crippen molar-refractivity contribution in [3.63, 3.8) is 0 Å². The Kier molecular flexibility index (Phi) is 5.03. The van der Waals surface area contributed by atoms with Gasteiger partial charge in [0.2, 0.25) is 0 Å². The summed E-state index contributed by atoms with van der Waals surface area (Å²) in [6.07, 6.45) is 0. The SMILES string of the molecule is COc1ccc(Cl)c(NS(=O)(=O)c2ccc(Br)cc2Cl)c1. The van der Waals surface area contributed by atoms with E-state index in [0.29, 0.717) is 10.2 Å². The number of halogens is 3. The Morgan fingerprint density at radius 1 is 1.10 bits per heavy atom. The van der Waals surface area contributed by atoms with Crippen LogP contribution in [0.5, 0.6) is 5.75 Å². The monoisotopic (exact) mass is 409 g/mol. The van der Waals surface area contributed by atoms with Gasteiger partial charge in [-0.1, -0.05) is 39.1 Å². The van der Waals surface area contributed by atoms with Gasteiger partial charge in [-0.3, -0.25) is 4.72 Å². The van der Waals surface area contributed by atoms with Crippen LogP contribution in [0.1, 0.15) is 0 Å². The van der Waals surface area contributed by atoms with Crippen molar-refractivity contribution in [2.75, 3.05) is 11.8 Å². The molecular formula is C13H10BrCl2NO3S. The van der Waals surface area contributed by atoms with Gasteiger partial charge in [0.15, 0.2) is 0 Å². The van der Waals surface area contributed by atoms with E-state index in [0.717, 1.165) is 0 Å². The largest absolute Gasteiger partial charge is 0.497 e. The van der Waals surface area contributed by atoms with Gasteiger partial charge in [-0.15, -0.1) is 0 Å². The number of benzene rings is 2. The first-order chi connectivity index (χ1) is 9.83. The predicted molar refractivity (Wildman–Crippen MR) is 88.0 cm³/mol. The molecule has 0 amide bonds. The van der Waals surface area contributed by atoms with Gasteiger partial charge in [0, 0.05) is 10.5 Å². The predicted octanol–water partition coefficient (Wildman–Crippen LogP) is 4.57. The van der Waals surface area contributed by atoms with Crippen molar-refractivity contribution in [3.05, 3.63) is 50.9 Å². The Morgan fingerprint density at radius 3 is 2.43 bits per heavy atom. The van der Waals surface area contributed by atoms with E-state index in [-0.39, 0.29) is 20.6 Å². The van der Waals surface area contributed by atoms with E-state index in [1.54, 1.807) is 18.2 Å². The lowest BCUT2D eigenvalue weighted by atomic mass is 10.3. The molecule has 0 saturated carbocycles. The molecule has 0 aliphatic heterocycles. The average molecular weight is 411 g/mol. The Bertz CT molecular complexity index is 781. The standard InChI is InChI=1S/C13H10BrCl2NO3S/c1-20-9-3-4-10(15)12(7-9)17-21(18,19)13-5-2-8(14)6-11(13)16/h2-7,17H,1H3. The van der Waals surface area contributed by atoms with Gasteiger partial charge in [-0.05, 0) is 30.3 Å². The van der Waals surface area contributed by atoms with Crippen LogP contribution >= 0.6 is 39.1 Å². The number of anilines is 1.